The zero-order valence-electron chi connectivity index (χ0n) is 20.8. The molecule has 2 aliphatic rings. The van der Waals surface area contributed by atoms with Crippen molar-refractivity contribution in [1.29, 1.82) is 0 Å². The van der Waals surface area contributed by atoms with Gasteiger partial charge in [0.05, 0.1) is 18.3 Å². The van der Waals surface area contributed by atoms with Crippen LogP contribution in [0.4, 0.5) is 0 Å². The Kier molecular flexibility index (Phi) is 9.67. The summed E-state index contributed by atoms with van der Waals surface area (Å²) in [6.45, 7) is 13.7. The topological polar surface area (TPSA) is 108 Å². The quantitative estimate of drug-likeness (QED) is 0.349. The Morgan fingerprint density at radius 2 is 1.76 bits per heavy atom. The molecule has 1 heterocycles. The van der Waals surface area contributed by atoms with Crippen molar-refractivity contribution in [2.75, 3.05) is 0 Å². The number of aliphatic hydroxyl groups is 1. The molecule has 0 saturated carbocycles. The van der Waals surface area contributed by atoms with Crippen LogP contribution in [0.3, 0.4) is 0 Å². The average Bonchev–Trinajstić information content (AvgIpc) is 2.73. The maximum atomic E-state index is 12.1. The van der Waals surface area contributed by atoms with Crippen molar-refractivity contribution < 1.29 is 38.4 Å². The molecule has 8 heteroatoms. The third-order valence-corrected chi connectivity index (χ3v) is 5.76. The maximum Gasteiger partial charge on any atom is 0.305 e. The van der Waals surface area contributed by atoms with Gasteiger partial charge < -0.3 is 24.1 Å². The van der Waals surface area contributed by atoms with E-state index < -0.39 is 48.4 Å². The van der Waals surface area contributed by atoms with Gasteiger partial charge in [-0.3, -0.25) is 14.4 Å². The summed E-state index contributed by atoms with van der Waals surface area (Å²) in [5.41, 5.74) is 3.11. The van der Waals surface area contributed by atoms with E-state index in [1.807, 2.05) is 20.8 Å². The van der Waals surface area contributed by atoms with Gasteiger partial charge in [-0.25, -0.2) is 0 Å². The standard InChI is InChI=1S/C26H36O8/c1-14(2)10-23(32-17(5)27)25(33-18(6)28)22-13-31-26(34-19(7)29)24-16(4)12-20(30)11-15(3)8-9-21(22)24/h10-11,13,20-21,23-26,30H,4,8-9,12H2,1-3,5-7H3/b15-11+. The second-order valence-corrected chi connectivity index (χ2v) is 9.19. The van der Waals surface area contributed by atoms with Gasteiger partial charge in [0, 0.05) is 32.3 Å². The zero-order chi connectivity index (χ0) is 25.6. The van der Waals surface area contributed by atoms with E-state index in [0.717, 1.165) is 11.1 Å². The van der Waals surface area contributed by atoms with E-state index >= 15 is 0 Å². The van der Waals surface area contributed by atoms with Crippen molar-refractivity contribution >= 4 is 17.9 Å². The van der Waals surface area contributed by atoms with Gasteiger partial charge in [-0.05, 0) is 46.1 Å². The molecule has 0 amide bonds. The van der Waals surface area contributed by atoms with E-state index in [2.05, 4.69) is 6.58 Å². The first-order chi connectivity index (χ1) is 15.9. The average molecular weight is 477 g/mol. The minimum absolute atomic E-state index is 0.256. The Labute approximate surface area is 201 Å². The molecule has 0 aromatic carbocycles. The van der Waals surface area contributed by atoms with E-state index in [1.165, 1.54) is 27.0 Å². The van der Waals surface area contributed by atoms with Gasteiger partial charge in [-0.15, -0.1) is 0 Å². The molecule has 0 fully saturated rings. The largest absolute Gasteiger partial charge is 0.462 e. The molecule has 0 aromatic heterocycles. The Bertz CT molecular complexity index is 892. The van der Waals surface area contributed by atoms with Crippen LogP contribution in [0.2, 0.25) is 0 Å². The summed E-state index contributed by atoms with van der Waals surface area (Å²) in [5.74, 6) is -2.39. The first kappa shape index (κ1) is 27.4. The molecule has 6 atom stereocenters. The number of hydrogen-bond acceptors (Lipinski definition) is 8. The van der Waals surface area contributed by atoms with Gasteiger partial charge in [0.25, 0.3) is 0 Å². The molecule has 2 rings (SSSR count). The normalized spacial score (nSPS) is 28.0. The minimum Gasteiger partial charge on any atom is -0.462 e. The fraction of sp³-hybridized carbons (Fsp3) is 0.577. The van der Waals surface area contributed by atoms with Gasteiger partial charge in [-0.2, -0.15) is 0 Å². The Hall–Kier alpha value is -2.87. The molecule has 0 radical (unpaired) electrons. The van der Waals surface area contributed by atoms with Crippen LogP contribution < -0.4 is 0 Å². The highest BCUT2D eigenvalue weighted by molar-refractivity contribution is 5.68. The van der Waals surface area contributed by atoms with E-state index in [4.69, 9.17) is 18.9 Å². The molecule has 1 aliphatic carbocycles. The lowest BCUT2D eigenvalue weighted by molar-refractivity contribution is -0.182. The highest BCUT2D eigenvalue weighted by Gasteiger charge is 2.45. The van der Waals surface area contributed by atoms with E-state index in [9.17, 15) is 19.5 Å². The number of hydrogen-bond donors (Lipinski definition) is 1. The minimum atomic E-state index is -0.954. The summed E-state index contributed by atoms with van der Waals surface area (Å²) in [4.78, 5) is 35.8. The molecule has 34 heavy (non-hydrogen) atoms. The van der Waals surface area contributed by atoms with E-state index in [1.54, 1.807) is 12.2 Å². The van der Waals surface area contributed by atoms with Gasteiger partial charge >= 0.3 is 17.9 Å². The summed E-state index contributed by atoms with van der Waals surface area (Å²) >= 11 is 0. The summed E-state index contributed by atoms with van der Waals surface area (Å²) in [6.07, 6.45) is 2.93. The Morgan fingerprint density at radius 3 is 2.32 bits per heavy atom. The van der Waals surface area contributed by atoms with Gasteiger partial charge in [0.15, 0.2) is 12.2 Å². The van der Waals surface area contributed by atoms with Crippen LogP contribution in [0.25, 0.3) is 0 Å². The number of allylic oxidation sites excluding steroid dienone is 2. The molecular formula is C26H36O8. The van der Waals surface area contributed by atoms with Crippen molar-refractivity contribution in [1.82, 2.24) is 0 Å². The molecule has 6 unspecified atom stereocenters. The van der Waals surface area contributed by atoms with Crippen molar-refractivity contribution in [3.63, 3.8) is 0 Å². The summed E-state index contributed by atoms with van der Waals surface area (Å²) < 4.78 is 22.5. The van der Waals surface area contributed by atoms with E-state index in [0.29, 0.717) is 24.0 Å². The lowest BCUT2D eigenvalue weighted by atomic mass is 9.74. The predicted octanol–water partition coefficient (Wildman–Crippen LogP) is 3.90. The van der Waals surface area contributed by atoms with Crippen LogP contribution in [0.1, 0.15) is 60.8 Å². The number of ether oxygens (including phenoxy) is 4. The molecule has 8 nitrogen and oxygen atoms in total. The number of carbonyl (C=O) groups excluding carboxylic acids is 3. The smallest absolute Gasteiger partial charge is 0.305 e. The number of esters is 3. The lowest BCUT2D eigenvalue weighted by Crippen LogP contribution is -2.45. The molecule has 0 aromatic rings. The molecule has 1 aliphatic heterocycles. The SMILES string of the molecule is C=C1CC(O)/C=C(\C)CCC2C(C(OC(C)=O)C(C=C(C)C)OC(C)=O)=COC(OC(C)=O)C12. The third-order valence-electron chi connectivity index (χ3n) is 5.76. The number of carbonyl (C=O) groups is 3. The molecule has 0 bridgehead atoms. The van der Waals surface area contributed by atoms with Crippen LogP contribution in [-0.4, -0.2) is 47.6 Å². The number of fused-ring (bicyclic) bond motifs is 1. The highest BCUT2D eigenvalue weighted by atomic mass is 16.7. The predicted molar refractivity (Wildman–Crippen MR) is 125 cm³/mol. The third kappa shape index (κ3) is 7.58. The number of rotatable bonds is 6. The van der Waals surface area contributed by atoms with Crippen LogP contribution in [-0.2, 0) is 33.3 Å². The van der Waals surface area contributed by atoms with E-state index in [-0.39, 0.29) is 12.3 Å². The van der Waals surface area contributed by atoms with Crippen molar-refractivity contribution in [3.05, 3.63) is 47.3 Å². The van der Waals surface area contributed by atoms with Crippen molar-refractivity contribution in [3.8, 4) is 0 Å². The summed E-state index contributed by atoms with van der Waals surface area (Å²) in [7, 11) is 0. The molecular weight excluding hydrogens is 440 g/mol. The summed E-state index contributed by atoms with van der Waals surface area (Å²) in [5, 5.41) is 10.5. The molecule has 0 saturated heterocycles. The fourth-order valence-electron chi connectivity index (χ4n) is 4.55. The van der Waals surface area contributed by atoms with Gasteiger partial charge in [0.2, 0.25) is 6.29 Å². The number of aliphatic hydroxyl groups excluding tert-OH is 1. The first-order valence-corrected chi connectivity index (χ1v) is 11.4. The highest BCUT2D eigenvalue weighted by Crippen LogP contribution is 2.44. The fourth-order valence-corrected chi connectivity index (χ4v) is 4.55. The second-order valence-electron chi connectivity index (χ2n) is 9.19. The maximum absolute atomic E-state index is 12.1. The second kappa shape index (κ2) is 12.0. The van der Waals surface area contributed by atoms with Crippen LogP contribution in [0.5, 0.6) is 0 Å². The molecule has 1 N–H and O–H groups in total. The van der Waals surface area contributed by atoms with Gasteiger partial charge in [-0.1, -0.05) is 29.4 Å². The first-order valence-electron chi connectivity index (χ1n) is 11.4. The zero-order valence-corrected chi connectivity index (χ0v) is 20.8. The van der Waals surface area contributed by atoms with Gasteiger partial charge in [0.1, 0.15) is 0 Å². The monoisotopic (exact) mass is 476 g/mol. The molecule has 0 spiro atoms. The molecule has 188 valence electrons. The van der Waals surface area contributed by atoms with Crippen LogP contribution >= 0.6 is 0 Å². The Morgan fingerprint density at radius 1 is 1.12 bits per heavy atom. The Balaban J connectivity index is 2.62. The van der Waals surface area contributed by atoms with Crippen molar-refractivity contribution in [2.45, 2.75) is 85.4 Å². The van der Waals surface area contributed by atoms with Crippen LogP contribution in [0, 0.1) is 11.8 Å². The summed E-state index contributed by atoms with van der Waals surface area (Å²) in [6, 6.07) is 0. The van der Waals surface area contributed by atoms with Crippen molar-refractivity contribution in [2.24, 2.45) is 11.8 Å². The van der Waals surface area contributed by atoms with Crippen LogP contribution in [0.15, 0.2) is 47.3 Å². The lowest BCUT2D eigenvalue weighted by Gasteiger charge is -2.41.